The summed E-state index contributed by atoms with van der Waals surface area (Å²) in [4.78, 5) is 12.9. The van der Waals surface area contributed by atoms with Gasteiger partial charge >= 0.3 is 12.0 Å². The van der Waals surface area contributed by atoms with Crippen molar-refractivity contribution in [3.05, 3.63) is 0 Å². The first-order chi connectivity index (χ1) is 6.50. The van der Waals surface area contributed by atoms with Crippen LogP contribution in [0.25, 0.3) is 0 Å². The highest BCUT2D eigenvalue weighted by Crippen LogP contribution is 2.08. The molecule has 3 N–H and O–H groups in total. The van der Waals surface area contributed by atoms with Gasteiger partial charge in [-0.05, 0) is 6.92 Å². The van der Waals surface area contributed by atoms with Gasteiger partial charge in [0.25, 0.3) is 0 Å². The normalized spacial score (nSPS) is 12.2. The van der Waals surface area contributed by atoms with Crippen LogP contribution in [0.5, 0.6) is 0 Å². The van der Waals surface area contributed by atoms with E-state index in [0.717, 1.165) is 0 Å². The zero-order valence-corrected chi connectivity index (χ0v) is 8.31. The number of amides is 1. The van der Waals surface area contributed by atoms with Crippen LogP contribution in [0, 0.1) is 0 Å². The fourth-order valence-electron chi connectivity index (χ4n) is 0.927. The Kier molecular flexibility index (Phi) is 2.90. The van der Waals surface area contributed by atoms with Gasteiger partial charge < -0.3 is 20.4 Å². The number of hydrogen-bond acceptors (Lipinski definition) is 6. The van der Waals surface area contributed by atoms with E-state index in [1.165, 1.54) is 4.90 Å². The smallest absolute Gasteiger partial charge is 0.317 e. The minimum Gasteiger partial charge on any atom is -0.390 e. The lowest BCUT2D eigenvalue weighted by molar-refractivity contribution is -0.129. The lowest BCUT2D eigenvalue weighted by Gasteiger charge is -2.16. The average molecular weight is 199 g/mol. The summed E-state index contributed by atoms with van der Waals surface area (Å²) in [7, 11) is 3.34. The molecule has 0 saturated carbocycles. The largest absolute Gasteiger partial charge is 0.390 e. The first-order valence-electron chi connectivity index (χ1n) is 4.07. The summed E-state index contributed by atoms with van der Waals surface area (Å²) in [6.45, 7) is 1.70. The summed E-state index contributed by atoms with van der Waals surface area (Å²) in [6, 6.07) is -0.313. The molecule has 0 spiro atoms. The molecule has 0 radical (unpaired) electrons. The minimum absolute atomic E-state index is 0.0306. The summed E-state index contributed by atoms with van der Waals surface area (Å²) in [5.74, 6) is -0.0817. The van der Waals surface area contributed by atoms with Crippen molar-refractivity contribution < 1.29 is 9.21 Å². The van der Waals surface area contributed by atoms with E-state index in [9.17, 15) is 4.79 Å². The lowest BCUT2D eigenvalue weighted by atomic mass is 10.3. The van der Waals surface area contributed by atoms with Crippen LogP contribution >= 0.6 is 0 Å². The number of carbonyl (C=O) groups excluding carboxylic acids is 1. The minimum atomic E-state index is -0.426. The molecule has 14 heavy (non-hydrogen) atoms. The quantitative estimate of drug-likeness (QED) is 0.683. The van der Waals surface area contributed by atoms with Gasteiger partial charge in [-0.25, -0.2) is 0 Å². The molecule has 1 atom stereocenters. The number of likely N-dealkylation sites (N-methyl/N-ethyl adjacent to an activating group) is 1. The van der Waals surface area contributed by atoms with Gasteiger partial charge in [-0.15, -0.1) is 0 Å². The van der Waals surface area contributed by atoms with Crippen LogP contribution in [0.4, 0.5) is 12.0 Å². The summed E-state index contributed by atoms with van der Waals surface area (Å²) in [5, 5.41) is 9.75. The van der Waals surface area contributed by atoms with Gasteiger partial charge in [-0.3, -0.25) is 4.79 Å². The van der Waals surface area contributed by atoms with E-state index in [1.54, 1.807) is 21.0 Å². The lowest BCUT2D eigenvalue weighted by Crippen LogP contribution is -2.36. The van der Waals surface area contributed by atoms with Crippen molar-refractivity contribution in [2.24, 2.45) is 0 Å². The van der Waals surface area contributed by atoms with E-state index < -0.39 is 6.04 Å². The second-order valence-corrected chi connectivity index (χ2v) is 3.04. The van der Waals surface area contributed by atoms with Crippen molar-refractivity contribution >= 4 is 17.9 Å². The zero-order valence-electron chi connectivity index (χ0n) is 8.31. The molecule has 1 rings (SSSR count). The number of nitrogens with one attached hydrogen (secondary N) is 1. The maximum Gasteiger partial charge on any atom is 0.317 e. The van der Waals surface area contributed by atoms with Gasteiger partial charge in [0.2, 0.25) is 5.91 Å². The average Bonchev–Trinajstić information content (AvgIpc) is 2.49. The molecule has 0 aliphatic carbocycles. The van der Waals surface area contributed by atoms with Gasteiger partial charge in [0, 0.05) is 14.1 Å². The van der Waals surface area contributed by atoms with Crippen LogP contribution in [-0.2, 0) is 4.79 Å². The van der Waals surface area contributed by atoms with Crippen LogP contribution in [-0.4, -0.2) is 41.1 Å². The first-order valence-corrected chi connectivity index (χ1v) is 4.07. The number of carbonyl (C=O) groups is 1. The fraction of sp³-hybridized carbons (Fsp3) is 0.571. The fourth-order valence-corrected chi connectivity index (χ4v) is 0.927. The zero-order chi connectivity index (χ0) is 10.7. The Morgan fingerprint density at radius 3 is 2.64 bits per heavy atom. The van der Waals surface area contributed by atoms with Crippen LogP contribution in [0.2, 0.25) is 0 Å². The Morgan fingerprint density at radius 2 is 2.21 bits per heavy atom. The third kappa shape index (κ3) is 2.35. The summed E-state index contributed by atoms with van der Waals surface area (Å²) in [5.41, 5.74) is 5.21. The molecular weight excluding hydrogens is 186 g/mol. The van der Waals surface area contributed by atoms with Crippen molar-refractivity contribution in [2.45, 2.75) is 13.0 Å². The number of nitrogens with two attached hydrogens (primary N) is 1. The van der Waals surface area contributed by atoms with Gasteiger partial charge in [0.1, 0.15) is 6.04 Å². The Labute approximate surface area is 81.3 Å². The molecule has 0 aromatic carbocycles. The highest BCUT2D eigenvalue weighted by molar-refractivity contribution is 5.83. The van der Waals surface area contributed by atoms with Crippen LogP contribution in [0.3, 0.4) is 0 Å². The predicted molar refractivity (Wildman–Crippen MR) is 50.5 cm³/mol. The number of nitrogen functional groups attached to an aromatic ring is 1. The second-order valence-electron chi connectivity index (χ2n) is 3.04. The molecule has 1 amide bonds. The molecule has 1 aromatic rings. The van der Waals surface area contributed by atoms with Crippen molar-refractivity contribution in [3.63, 3.8) is 0 Å². The standard InChI is InChI=1S/C7H13N5O2/c1-4(5(13)12(2)3)9-7-11-10-6(8)14-7/h4H,1-3H3,(H2,8,10)(H,9,11). The second kappa shape index (κ2) is 3.95. The Hall–Kier alpha value is -1.79. The van der Waals surface area contributed by atoms with Gasteiger partial charge in [0.05, 0.1) is 0 Å². The Morgan fingerprint density at radius 1 is 1.57 bits per heavy atom. The molecule has 0 saturated heterocycles. The monoisotopic (exact) mass is 199 g/mol. The number of nitrogens with zero attached hydrogens (tertiary/aromatic N) is 3. The maximum atomic E-state index is 11.4. The molecule has 0 fully saturated rings. The van der Waals surface area contributed by atoms with Gasteiger partial charge in [-0.1, -0.05) is 10.2 Å². The summed E-state index contributed by atoms with van der Waals surface area (Å²) in [6.07, 6.45) is 0. The van der Waals surface area contributed by atoms with E-state index >= 15 is 0 Å². The number of aromatic nitrogens is 2. The third-order valence-corrected chi connectivity index (χ3v) is 1.59. The molecule has 1 unspecified atom stereocenters. The van der Waals surface area contributed by atoms with E-state index in [1.807, 2.05) is 0 Å². The molecule has 1 aromatic heterocycles. The molecule has 0 aliphatic rings. The number of hydrogen-bond donors (Lipinski definition) is 2. The SMILES string of the molecule is CC(Nc1nnc(N)o1)C(=O)N(C)C. The van der Waals surface area contributed by atoms with Crippen molar-refractivity contribution in [1.29, 1.82) is 0 Å². The number of rotatable bonds is 3. The van der Waals surface area contributed by atoms with Crippen LogP contribution < -0.4 is 11.1 Å². The third-order valence-electron chi connectivity index (χ3n) is 1.59. The summed E-state index contributed by atoms with van der Waals surface area (Å²) >= 11 is 0. The molecule has 1 heterocycles. The number of anilines is 2. The maximum absolute atomic E-state index is 11.4. The van der Waals surface area contributed by atoms with Gasteiger partial charge in [-0.2, -0.15) is 0 Å². The first kappa shape index (κ1) is 10.3. The predicted octanol–water partition coefficient (Wildman–Crippen LogP) is -0.460. The van der Waals surface area contributed by atoms with E-state index in [-0.39, 0.29) is 17.9 Å². The van der Waals surface area contributed by atoms with Gasteiger partial charge in [0.15, 0.2) is 0 Å². The highest BCUT2D eigenvalue weighted by Gasteiger charge is 2.16. The van der Waals surface area contributed by atoms with E-state index in [0.29, 0.717) is 0 Å². The summed E-state index contributed by atoms with van der Waals surface area (Å²) < 4.78 is 4.86. The molecule has 0 bridgehead atoms. The van der Waals surface area contributed by atoms with E-state index in [4.69, 9.17) is 10.2 Å². The molecule has 7 nitrogen and oxygen atoms in total. The topological polar surface area (TPSA) is 97.3 Å². The Balaban J connectivity index is 2.57. The highest BCUT2D eigenvalue weighted by atomic mass is 16.4. The van der Waals surface area contributed by atoms with Crippen molar-refractivity contribution in [1.82, 2.24) is 15.1 Å². The molecule has 0 aliphatic heterocycles. The van der Waals surface area contributed by atoms with Crippen LogP contribution in [0.15, 0.2) is 4.42 Å². The van der Waals surface area contributed by atoms with Crippen molar-refractivity contribution in [2.75, 3.05) is 25.1 Å². The molecular formula is C7H13N5O2. The molecule has 78 valence electrons. The Bertz CT molecular complexity index is 322. The van der Waals surface area contributed by atoms with Crippen molar-refractivity contribution in [3.8, 4) is 0 Å². The molecule has 7 heteroatoms. The van der Waals surface area contributed by atoms with Crippen LogP contribution in [0.1, 0.15) is 6.92 Å². The van der Waals surface area contributed by atoms with E-state index in [2.05, 4.69) is 15.5 Å².